The van der Waals surface area contributed by atoms with Gasteiger partial charge in [-0.25, -0.2) is 4.79 Å². The molecule has 0 saturated carbocycles. The number of hydrogen-bond acceptors (Lipinski definition) is 3. The van der Waals surface area contributed by atoms with E-state index in [0.29, 0.717) is 18.1 Å². The van der Waals surface area contributed by atoms with E-state index in [1.807, 2.05) is 25.2 Å². The molecule has 0 atom stereocenters. The van der Waals surface area contributed by atoms with Crippen molar-refractivity contribution in [3.63, 3.8) is 0 Å². The fourth-order valence-electron chi connectivity index (χ4n) is 2.32. The normalized spacial score (nSPS) is 13.9. The monoisotopic (exact) mass is 305 g/mol. The number of aromatic nitrogens is 2. The number of carbonyl (C=O) groups excluding carboxylic acids is 1. The van der Waals surface area contributed by atoms with E-state index < -0.39 is 0 Å². The highest BCUT2D eigenvalue weighted by Crippen LogP contribution is 2.26. The number of nitrogens with one attached hydrogen (secondary N) is 2. The average molecular weight is 306 g/mol. The number of hydrogen-bond donors (Lipinski definition) is 2. The number of benzene rings is 1. The molecule has 1 aromatic carbocycles. The molecule has 3 rings (SSSR count). The van der Waals surface area contributed by atoms with Crippen molar-refractivity contribution in [2.45, 2.75) is 13.1 Å². The van der Waals surface area contributed by atoms with Gasteiger partial charge >= 0.3 is 6.03 Å². The molecule has 2 heterocycles. The molecule has 0 aliphatic carbocycles. The first kappa shape index (κ1) is 13.8. The van der Waals surface area contributed by atoms with Crippen LogP contribution in [0.5, 0.6) is 0 Å². The smallest absolute Gasteiger partial charge is 0.321 e. The fourth-order valence-corrected chi connectivity index (χ4v) is 2.55. The molecule has 0 radical (unpaired) electrons. The summed E-state index contributed by atoms with van der Waals surface area (Å²) in [6.45, 7) is 1.19. The van der Waals surface area contributed by atoms with Gasteiger partial charge in [0.2, 0.25) is 0 Å². The molecule has 0 saturated heterocycles. The van der Waals surface area contributed by atoms with Gasteiger partial charge < -0.3 is 15.5 Å². The molecule has 110 valence electrons. The zero-order chi connectivity index (χ0) is 15.0. The summed E-state index contributed by atoms with van der Waals surface area (Å²) in [6.07, 6.45) is 1.63. The van der Waals surface area contributed by atoms with Crippen LogP contribution in [0, 0.1) is 0 Å². The second kappa shape index (κ2) is 5.29. The Morgan fingerprint density at radius 2 is 2.24 bits per heavy atom. The molecular formula is C14H16ClN5O. The number of aryl methyl sites for hydroxylation is 1. The molecule has 1 aromatic heterocycles. The maximum atomic E-state index is 11.6. The zero-order valence-electron chi connectivity index (χ0n) is 11.9. The van der Waals surface area contributed by atoms with Crippen molar-refractivity contribution < 1.29 is 4.79 Å². The quantitative estimate of drug-likeness (QED) is 0.916. The van der Waals surface area contributed by atoms with Crippen molar-refractivity contribution in [3.05, 3.63) is 40.7 Å². The van der Waals surface area contributed by atoms with Gasteiger partial charge in [0, 0.05) is 32.0 Å². The summed E-state index contributed by atoms with van der Waals surface area (Å²) < 4.78 is 1.75. The summed E-state index contributed by atoms with van der Waals surface area (Å²) in [6, 6.07) is 5.81. The Hall–Kier alpha value is -2.21. The Morgan fingerprint density at radius 1 is 1.43 bits per heavy atom. The Balaban J connectivity index is 1.76. The molecule has 2 amide bonds. The van der Waals surface area contributed by atoms with E-state index in [2.05, 4.69) is 15.7 Å². The zero-order valence-corrected chi connectivity index (χ0v) is 12.6. The highest BCUT2D eigenvalue weighted by Gasteiger charge is 2.19. The Morgan fingerprint density at radius 3 is 2.95 bits per heavy atom. The molecule has 0 unspecified atom stereocenters. The summed E-state index contributed by atoms with van der Waals surface area (Å²) in [5.74, 6) is 0. The average Bonchev–Trinajstić information content (AvgIpc) is 2.77. The van der Waals surface area contributed by atoms with Crippen LogP contribution >= 0.6 is 11.6 Å². The van der Waals surface area contributed by atoms with E-state index in [1.165, 1.54) is 0 Å². The fraction of sp³-hybridized carbons (Fsp3) is 0.286. The van der Waals surface area contributed by atoms with Gasteiger partial charge in [-0.05, 0) is 23.8 Å². The van der Waals surface area contributed by atoms with Crippen LogP contribution in [0.4, 0.5) is 16.2 Å². The van der Waals surface area contributed by atoms with Crippen LogP contribution in [-0.4, -0.2) is 27.8 Å². The summed E-state index contributed by atoms with van der Waals surface area (Å²) in [5.41, 5.74) is 3.86. The first-order chi connectivity index (χ1) is 10.0. The van der Waals surface area contributed by atoms with E-state index in [4.69, 9.17) is 11.6 Å². The lowest BCUT2D eigenvalue weighted by atomic mass is 10.1. The predicted octanol–water partition coefficient (Wildman–Crippen LogP) is 2.66. The highest BCUT2D eigenvalue weighted by molar-refractivity contribution is 6.31. The largest absolute Gasteiger partial charge is 0.379 e. The van der Waals surface area contributed by atoms with Crippen LogP contribution in [0.1, 0.15) is 11.3 Å². The maximum Gasteiger partial charge on any atom is 0.321 e. The standard InChI is InChI=1S/C14H16ClN5O/c1-19-8-9-5-10(3-4-12(9)18-14(19)21)16-7-13-11(15)6-17-20(13)2/h3-6,16H,7-8H2,1-2H3,(H,18,21). The lowest BCUT2D eigenvalue weighted by Gasteiger charge is -2.26. The van der Waals surface area contributed by atoms with Gasteiger partial charge in [-0.3, -0.25) is 4.68 Å². The molecule has 6 nitrogen and oxygen atoms in total. The predicted molar refractivity (Wildman–Crippen MR) is 82.5 cm³/mol. The maximum absolute atomic E-state index is 11.6. The number of anilines is 2. The molecule has 1 aliphatic heterocycles. The summed E-state index contributed by atoms with van der Waals surface area (Å²) >= 11 is 6.08. The van der Waals surface area contributed by atoms with Crippen molar-refractivity contribution in [2.75, 3.05) is 17.7 Å². The molecule has 0 bridgehead atoms. The Bertz CT molecular complexity index is 677. The van der Waals surface area contributed by atoms with Gasteiger partial charge in [0.1, 0.15) is 0 Å². The van der Waals surface area contributed by atoms with Gasteiger partial charge in [-0.2, -0.15) is 5.10 Å². The number of halogens is 1. The van der Waals surface area contributed by atoms with E-state index >= 15 is 0 Å². The minimum Gasteiger partial charge on any atom is -0.379 e. The summed E-state index contributed by atoms with van der Waals surface area (Å²) in [5, 5.41) is 10.9. The van der Waals surface area contributed by atoms with Crippen molar-refractivity contribution >= 4 is 29.0 Å². The Labute approximate surface area is 127 Å². The number of urea groups is 1. The van der Waals surface area contributed by atoms with E-state index in [-0.39, 0.29) is 6.03 Å². The minimum absolute atomic E-state index is 0.0788. The van der Waals surface area contributed by atoms with E-state index in [0.717, 1.165) is 22.6 Å². The minimum atomic E-state index is -0.0788. The molecule has 2 aromatic rings. The van der Waals surface area contributed by atoms with E-state index in [1.54, 1.807) is 22.8 Å². The number of nitrogens with zero attached hydrogens (tertiary/aromatic N) is 3. The molecule has 2 N–H and O–H groups in total. The molecular weight excluding hydrogens is 290 g/mol. The van der Waals surface area contributed by atoms with Crippen molar-refractivity contribution in [2.24, 2.45) is 7.05 Å². The third-order valence-corrected chi connectivity index (χ3v) is 3.89. The molecule has 0 spiro atoms. The van der Waals surface area contributed by atoms with Crippen LogP contribution in [0.25, 0.3) is 0 Å². The highest BCUT2D eigenvalue weighted by atomic mass is 35.5. The second-order valence-electron chi connectivity index (χ2n) is 5.07. The molecule has 21 heavy (non-hydrogen) atoms. The van der Waals surface area contributed by atoms with Crippen LogP contribution in [0.3, 0.4) is 0 Å². The number of carbonyl (C=O) groups is 1. The first-order valence-corrected chi connectivity index (χ1v) is 6.97. The Kier molecular flexibility index (Phi) is 3.47. The number of fused-ring (bicyclic) bond motifs is 1. The van der Waals surface area contributed by atoms with Gasteiger partial charge in [-0.15, -0.1) is 0 Å². The third-order valence-electron chi connectivity index (χ3n) is 3.57. The lowest BCUT2D eigenvalue weighted by Crippen LogP contribution is -2.35. The van der Waals surface area contributed by atoms with Crippen molar-refractivity contribution in [1.29, 1.82) is 0 Å². The van der Waals surface area contributed by atoms with Crippen molar-refractivity contribution in [3.8, 4) is 0 Å². The van der Waals surface area contributed by atoms with Gasteiger partial charge in [0.05, 0.1) is 23.5 Å². The first-order valence-electron chi connectivity index (χ1n) is 6.60. The lowest BCUT2D eigenvalue weighted by molar-refractivity contribution is 0.218. The number of amides is 2. The third kappa shape index (κ3) is 2.67. The summed E-state index contributed by atoms with van der Waals surface area (Å²) in [4.78, 5) is 13.2. The summed E-state index contributed by atoms with van der Waals surface area (Å²) in [7, 11) is 3.63. The number of rotatable bonds is 3. The van der Waals surface area contributed by atoms with Crippen molar-refractivity contribution in [1.82, 2.24) is 14.7 Å². The van der Waals surface area contributed by atoms with Crippen LogP contribution in [-0.2, 0) is 20.1 Å². The molecule has 0 fully saturated rings. The van der Waals surface area contributed by atoms with Crippen LogP contribution < -0.4 is 10.6 Å². The molecule has 7 heteroatoms. The topological polar surface area (TPSA) is 62.2 Å². The van der Waals surface area contributed by atoms with Gasteiger partial charge in [-0.1, -0.05) is 11.6 Å². The van der Waals surface area contributed by atoms with E-state index in [9.17, 15) is 4.79 Å². The van der Waals surface area contributed by atoms with Crippen LogP contribution in [0.2, 0.25) is 5.02 Å². The molecule has 1 aliphatic rings. The van der Waals surface area contributed by atoms with Crippen LogP contribution in [0.15, 0.2) is 24.4 Å². The second-order valence-corrected chi connectivity index (χ2v) is 5.48. The van der Waals surface area contributed by atoms with Gasteiger partial charge in [0.15, 0.2) is 0 Å². The van der Waals surface area contributed by atoms with Gasteiger partial charge in [0.25, 0.3) is 0 Å². The SMILES string of the molecule is CN1Cc2cc(NCc3c(Cl)cnn3C)ccc2NC1=O.